The number of nitrogens with zero attached hydrogens (tertiary/aromatic N) is 2. The summed E-state index contributed by atoms with van der Waals surface area (Å²) < 4.78 is 28.2. The molecule has 1 heterocycles. The molecule has 0 amide bonds. The summed E-state index contributed by atoms with van der Waals surface area (Å²) in [7, 11) is -1.94. The topological polar surface area (TPSA) is 84.2 Å². The molecule has 116 valence electrons. The highest BCUT2D eigenvalue weighted by Gasteiger charge is 2.25. The number of hydrogen-bond acceptors (Lipinski definition) is 4. The van der Waals surface area contributed by atoms with Crippen LogP contribution in [0.1, 0.15) is 39.4 Å². The first-order chi connectivity index (χ1) is 9.03. The Morgan fingerprint density at radius 1 is 1.50 bits per heavy atom. The highest BCUT2D eigenvalue weighted by atomic mass is 32.2. The van der Waals surface area contributed by atoms with Crippen molar-refractivity contribution in [3.8, 4) is 0 Å². The first-order valence-electron chi connectivity index (χ1n) is 6.75. The van der Waals surface area contributed by atoms with E-state index in [9.17, 15) is 13.5 Å². The van der Waals surface area contributed by atoms with Crippen LogP contribution >= 0.6 is 0 Å². The molecule has 20 heavy (non-hydrogen) atoms. The molecule has 7 heteroatoms. The molecular formula is C13H25N3O3S. The minimum absolute atomic E-state index is 0.0162. The van der Waals surface area contributed by atoms with Gasteiger partial charge >= 0.3 is 0 Å². The van der Waals surface area contributed by atoms with Crippen LogP contribution in [0.5, 0.6) is 0 Å². The van der Waals surface area contributed by atoms with Crippen LogP contribution in [0.25, 0.3) is 0 Å². The van der Waals surface area contributed by atoms with E-state index in [-0.39, 0.29) is 11.6 Å². The van der Waals surface area contributed by atoms with E-state index < -0.39 is 15.6 Å². The van der Waals surface area contributed by atoms with Crippen molar-refractivity contribution in [2.75, 3.05) is 6.54 Å². The molecule has 0 bridgehead atoms. The maximum Gasteiger partial charge on any atom is 0.259 e. The fourth-order valence-corrected chi connectivity index (χ4v) is 2.87. The fraction of sp³-hybridized carbons (Fsp3) is 0.769. The first kappa shape index (κ1) is 17.1. The lowest BCUT2D eigenvalue weighted by molar-refractivity contribution is 0.0506. The predicted octanol–water partition coefficient (Wildman–Crippen LogP) is 1.19. The summed E-state index contributed by atoms with van der Waals surface area (Å²) in [6.45, 7) is 7.49. The standard InChI is InChI=1S/C13H25N3O3S/c1-10(2)6-7-13(4,17)9-14-20(18,19)12-8-16(5)11(3)15-12/h8,10,14,17H,6-7,9H2,1-5H3/t13-/m0/s1. The van der Waals surface area contributed by atoms with Crippen molar-refractivity contribution in [1.29, 1.82) is 0 Å². The monoisotopic (exact) mass is 303 g/mol. The Bertz CT molecular complexity index is 528. The van der Waals surface area contributed by atoms with Gasteiger partial charge in [-0.3, -0.25) is 0 Å². The maximum atomic E-state index is 12.1. The Balaban J connectivity index is 2.68. The van der Waals surface area contributed by atoms with Gasteiger partial charge in [-0.2, -0.15) is 0 Å². The van der Waals surface area contributed by atoms with Gasteiger partial charge in [0.2, 0.25) is 0 Å². The molecule has 0 saturated heterocycles. The smallest absolute Gasteiger partial charge is 0.259 e. The van der Waals surface area contributed by atoms with E-state index >= 15 is 0 Å². The molecule has 0 aliphatic heterocycles. The van der Waals surface area contributed by atoms with Crippen molar-refractivity contribution in [2.45, 2.75) is 51.2 Å². The molecule has 0 unspecified atom stereocenters. The van der Waals surface area contributed by atoms with Crippen LogP contribution in [0.4, 0.5) is 0 Å². The molecule has 0 aromatic carbocycles. The van der Waals surface area contributed by atoms with Crippen LogP contribution in [-0.2, 0) is 17.1 Å². The van der Waals surface area contributed by atoms with Gasteiger partial charge in [0, 0.05) is 19.8 Å². The Morgan fingerprint density at radius 3 is 2.55 bits per heavy atom. The second-order valence-corrected chi connectivity index (χ2v) is 7.71. The predicted molar refractivity (Wildman–Crippen MR) is 77.8 cm³/mol. The SMILES string of the molecule is Cc1nc(S(=O)(=O)NC[C@@](C)(O)CCC(C)C)cn1C. The van der Waals surface area contributed by atoms with Crippen LogP contribution in [0.3, 0.4) is 0 Å². The minimum Gasteiger partial charge on any atom is -0.389 e. The number of aromatic nitrogens is 2. The van der Waals surface area contributed by atoms with Gasteiger partial charge in [0.05, 0.1) is 5.60 Å². The van der Waals surface area contributed by atoms with E-state index in [2.05, 4.69) is 23.6 Å². The molecule has 1 atom stereocenters. The number of nitrogens with one attached hydrogen (secondary N) is 1. The van der Waals surface area contributed by atoms with E-state index in [1.54, 1.807) is 25.5 Å². The Hall–Kier alpha value is -0.920. The van der Waals surface area contributed by atoms with Crippen molar-refractivity contribution < 1.29 is 13.5 Å². The van der Waals surface area contributed by atoms with Gasteiger partial charge in [-0.05, 0) is 32.6 Å². The van der Waals surface area contributed by atoms with Gasteiger partial charge in [-0.1, -0.05) is 13.8 Å². The summed E-state index contributed by atoms with van der Waals surface area (Å²) in [6.07, 6.45) is 2.85. The summed E-state index contributed by atoms with van der Waals surface area (Å²) >= 11 is 0. The third-order valence-corrected chi connectivity index (χ3v) is 4.54. The average Bonchev–Trinajstić information content (AvgIpc) is 2.66. The lowest BCUT2D eigenvalue weighted by atomic mass is 9.96. The van der Waals surface area contributed by atoms with Gasteiger partial charge in [0.1, 0.15) is 5.82 Å². The Morgan fingerprint density at radius 2 is 2.10 bits per heavy atom. The van der Waals surface area contributed by atoms with Gasteiger partial charge < -0.3 is 9.67 Å². The summed E-state index contributed by atoms with van der Waals surface area (Å²) in [5.74, 6) is 1.09. The van der Waals surface area contributed by atoms with E-state index in [1.807, 2.05) is 0 Å². The van der Waals surface area contributed by atoms with Crippen molar-refractivity contribution in [1.82, 2.24) is 14.3 Å². The zero-order valence-corrected chi connectivity index (χ0v) is 13.7. The average molecular weight is 303 g/mol. The second kappa shape index (κ2) is 6.24. The summed E-state index contributed by atoms with van der Waals surface area (Å²) in [4.78, 5) is 3.99. The zero-order valence-electron chi connectivity index (χ0n) is 12.8. The molecule has 0 fully saturated rings. The largest absolute Gasteiger partial charge is 0.389 e. The van der Waals surface area contributed by atoms with Crippen molar-refractivity contribution >= 4 is 10.0 Å². The first-order valence-corrected chi connectivity index (χ1v) is 8.24. The minimum atomic E-state index is -3.68. The van der Waals surface area contributed by atoms with Crippen molar-refractivity contribution in [2.24, 2.45) is 13.0 Å². The lowest BCUT2D eigenvalue weighted by Gasteiger charge is -2.24. The molecule has 0 spiro atoms. The second-order valence-electron chi connectivity index (χ2n) is 5.99. The Kier molecular flexibility index (Phi) is 5.34. The highest BCUT2D eigenvalue weighted by molar-refractivity contribution is 7.89. The van der Waals surface area contributed by atoms with E-state index in [4.69, 9.17) is 0 Å². The van der Waals surface area contributed by atoms with Crippen LogP contribution in [0, 0.1) is 12.8 Å². The molecule has 0 saturated carbocycles. The molecule has 1 aromatic heterocycles. The van der Waals surface area contributed by atoms with Crippen molar-refractivity contribution in [3.63, 3.8) is 0 Å². The number of imidazole rings is 1. The molecule has 1 aromatic rings. The van der Waals surface area contributed by atoms with Gasteiger partial charge in [-0.15, -0.1) is 0 Å². The summed E-state index contributed by atoms with van der Waals surface area (Å²) in [6, 6.07) is 0. The quantitative estimate of drug-likeness (QED) is 0.792. The van der Waals surface area contributed by atoms with Crippen LogP contribution < -0.4 is 4.72 Å². The summed E-state index contributed by atoms with van der Waals surface area (Å²) in [5, 5.41) is 10.2. The van der Waals surface area contributed by atoms with Crippen LogP contribution in [0.15, 0.2) is 11.2 Å². The fourth-order valence-electron chi connectivity index (χ4n) is 1.67. The van der Waals surface area contributed by atoms with Crippen LogP contribution in [0.2, 0.25) is 0 Å². The van der Waals surface area contributed by atoms with Gasteiger partial charge in [0.15, 0.2) is 5.03 Å². The Labute approximate surface area is 121 Å². The van der Waals surface area contributed by atoms with Crippen LogP contribution in [-0.4, -0.2) is 35.2 Å². The molecular weight excluding hydrogens is 278 g/mol. The molecule has 0 aliphatic rings. The third kappa shape index (κ3) is 4.88. The molecule has 0 radical (unpaired) electrons. The maximum absolute atomic E-state index is 12.1. The highest BCUT2D eigenvalue weighted by Crippen LogP contribution is 2.16. The zero-order chi connectivity index (χ0) is 15.6. The lowest BCUT2D eigenvalue weighted by Crippen LogP contribution is -2.40. The number of aryl methyl sites for hydroxylation is 2. The summed E-state index contributed by atoms with van der Waals surface area (Å²) in [5.41, 5.74) is -1.05. The number of aliphatic hydroxyl groups is 1. The van der Waals surface area contributed by atoms with Gasteiger partial charge in [-0.25, -0.2) is 18.1 Å². The third-order valence-electron chi connectivity index (χ3n) is 3.27. The van der Waals surface area contributed by atoms with E-state index in [0.29, 0.717) is 18.2 Å². The molecule has 2 N–H and O–H groups in total. The molecule has 0 aliphatic carbocycles. The normalized spacial score (nSPS) is 15.6. The molecule has 6 nitrogen and oxygen atoms in total. The van der Waals surface area contributed by atoms with E-state index in [1.165, 1.54) is 6.20 Å². The number of hydrogen-bond donors (Lipinski definition) is 2. The van der Waals surface area contributed by atoms with Gasteiger partial charge in [0.25, 0.3) is 10.0 Å². The number of sulfonamides is 1. The van der Waals surface area contributed by atoms with E-state index in [0.717, 1.165) is 6.42 Å². The molecule has 1 rings (SSSR count). The number of rotatable bonds is 7. The van der Waals surface area contributed by atoms with Crippen molar-refractivity contribution in [3.05, 3.63) is 12.0 Å².